The van der Waals surface area contributed by atoms with Crippen molar-refractivity contribution >= 4 is 11.4 Å². The van der Waals surface area contributed by atoms with Gasteiger partial charge in [-0.1, -0.05) is 18.2 Å². The van der Waals surface area contributed by atoms with Crippen LogP contribution in [0.15, 0.2) is 36.4 Å². The Morgan fingerprint density at radius 1 is 1.19 bits per heavy atom. The third kappa shape index (κ3) is 3.13. The molecule has 2 aromatic rings. The Morgan fingerprint density at radius 2 is 1.86 bits per heavy atom. The second-order valence-electron chi connectivity index (χ2n) is 5.14. The lowest BCUT2D eigenvalue weighted by Gasteiger charge is -2.19. The molecule has 5 nitrogen and oxygen atoms in total. The Labute approximate surface area is 123 Å². The fraction of sp³-hybridized carbons (Fsp3) is 0.250. The van der Waals surface area contributed by atoms with E-state index in [9.17, 15) is 15.2 Å². The Hall–Kier alpha value is -2.56. The van der Waals surface area contributed by atoms with Gasteiger partial charge in [-0.3, -0.25) is 10.1 Å². The first kappa shape index (κ1) is 14.8. The lowest BCUT2D eigenvalue weighted by Crippen LogP contribution is -2.08. The van der Waals surface area contributed by atoms with Crippen molar-refractivity contribution in [2.45, 2.75) is 26.8 Å². The van der Waals surface area contributed by atoms with Gasteiger partial charge >= 0.3 is 0 Å². The number of aromatic hydroxyl groups is 1. The van der Waals surface area contributed by atoms with Gasteiger partial charge in [0.25, 0.3) is 5.69 Å². The molecular formula is C16H18N2O3. The number of phenols is 1. The summed E-state index contributed by atoms with van der Waals surface area (Å²) in [5, 5.41) is 24.1. The number of rotatable bonds is 4. The molecule has 110 valence electrons. The fourth-order valence-corrected chi connectivity index (χ4v) is 2.32. The number of phenolic OH excluding ortho intramolecular Hbond substituents is 1. The van der Waals surface area contributed by atoms with Crippen molar-refractivity contribution in [1.29, 1.82) is 0 Å². The highest BCUT2D eigenvalue weighted by atomic mass is 16.6. The predicted molar refractivity (Wildman–Crippen MR) is 82.7 cm³/mol. The predicted octanol–water partition coefficient (Wildman–Crippen LogP) is 4.09. The maximum absolute atomic E-state index is 10.9. The molecule has 0 saturated heterocycles. The second-order valence-corrected chi connectivity index (χ2v) is 5.14. The Kier molecular flexibility index (Phi) is 4.12. The lowest BCUT2D eigenvalue weighted by atomic mass is 10.0. The molecule has 1 atom stereocenters. The second kappa shape index (κ2) is 5.83. The van der Waals surface area contributed by atoms with Crippen LogP contribution in [0.1, 0.15) is 29.7 Å². The summed E-state index contributed by atoms with van der Waals surface area (Å²) in [6, 6.07) is 10.3. The minimum atomic E-state index is -0.376. The van der Waals surface area contributed by atoms with Gasteiger partial charge < -0.3 is 10.4 Å². The molecule has 0 aliphatic carbocycles. The molecule has 2 rings (SSSR count). The van der Waals surface area contributed by atoms with E-state index < -0.39 is 0 Å². The Balaban J connectivity index is 2.30. The summed E-state index contributed by atoms with van der Waals surface area (Å²) in [5.41, 5.74) is 3.14. The van der Waals surface area contributed by atoms with Gasteiger partial charge in [-0.05, 0) is 38.5 Å². The minimum absolute atomic E-state index is 0.106. The quantitative estimate of drug-likeness (QED) is 0.655. The van der Waals surface area contributed by atoms with Crippen molar-refractivity contribution in [3.63, 3.8) is 0 Å². The standard InChI is InChI=1S/C16H18N2O3/c1-10-9-15(18(20)21)11(2)8-14(10)17-12(3)13-6-4-5-7-16(13)19/h4-9,12,17,19H,1-3H3. The molecule has 0 radical (unpaired) electrons. The van der Waals surface area contributed by atoms with E-state index in [1.54, 1.807) is 31.2 Å². The molecule has 0 heterocycles. The van der Waals surface area contributed by atoms with E-state index in [2.05, 4.69) is 5.32 Å². The summed E-state index contributed by atoms with van der Waals surface area (Å²) in [5.74, 6) is 0.230. The van der Waals surface area contributed by atoms with E-state index in [4.69, 9.17) is 0 Å². The Bertz CT molecular complexity index is 683. The van der Waals surface area contributed by atoms with E-state index >= 15 is 0 Å². The zero-order valence-corrected chi connectivity index (χ0v) is 12.3. The number of anilines is 1. The number of nitrogens with one attached hydrogen (secondary N) is 1. The van der Waals surface area contributed by atoms with E-state index in [-0.39, 0.29) is 22.4 Å². The van der Waals surface area contributed by atoms with Crippen molar-refractivity contribution in [1.82, 2.24) is 0 Å². The van der Waals surface area contributed by atoms with Crippen molar-refractivity contribution < 1.29 is 10.0 Å². The minimum Gasteiger partial charge on any atom is -0.508 e. The van der Waals surface area contributed by atoms with Crippen LogP contribution in [0.25, 0.3) is 0 Å². The zero-order valence-electron chi connectivity index (χ0n) is 12.3. The molecule has 5 heteroatoms. The van der Waals surface area contributed by atoms with Crippen molar-refractivity contribution in [3.05, 3.63) is 63.2 Å². The average molecular weight is 286 g/mol. The van der Waals surface area contributed by atoms with Crippen LogP contribution in [0.5, 0.6) is 5.75 Å². The number of nitro groups is 1. The van der Waals surface area contributed by atoms with Gasteiger partial charge in [-0.2, -0.15) is 0 Å². The number of hydrogen-bond donors (Lipinski definition) is 2. The topological polar surface area (TPSA) is 75.4 Å². The maximum atomic E-state index is 10.9. The van der Waals surface area contributed by atoms with Crippen LogP contribution in [0.4, 0.5) is 11.4 Å². The van der Waals surface area contributed by atoms with Gasteiger partial charge in [0.15, 0.2) is 0 Å². The van der Waals surface area contributed by atoms with Crippen LogP contribution in [0.2, 0.25) is 0 Å². The van der Waals surface area contributed by atoms with Crippen molar-refractivity contribution in [3.8, 4) is 5.75 Å². The first-order chi connectivity index (χ1) is 9.90. The van der Waals surface area contributed by atoms with Gasteiger partial charge in [0.05, 0.1) is 11.0 Å². The average Bonchev–Trinajstić information content (AvgIpc) is 2.42. The molecule has 21 heavy (non-hydrogen) atoms. The molecule has 0 aromatic heterocycles. The summed E-state index contributed by atoms with van der Waals surface area (Å²) < 4.78 is 0. The zero-order chi connectivity index (χ0) is 15.6. The van der Waals surface area contributed by atoms with E-state index in [0.717, 1.165) is 16.8 Å². The number of aryl methyl sites for hydroxylation is 2. The van der Waals surface area contributed by atoms with E-state index in [1.165, 1.54) is 0 Å². The smallest absolute Gasteiger partial charge is 0.272 e. The van der Waals surface area contributed by atoms with Gasteiger partial charge in [-0.25, -0.2) is 0 Å². The summed E-state index contributed by atoms with van der Waals surface area (Å²) in [6.45, 7) is 5.48. The maximum Gasteiger partial charge on any atom is 0.272 e. The summed E-state index contributed by atoms with van der Waals surface area (Å²) in [6.07, 6.45) is 0. The number of benzene rings is 2. The molecule has 0 aliphatic heterocycles. The van der Waals surface area contributed by atoms with Gasteiger partial charge in [0.1, 0.15) is 5.75 Å². The molecule has 0 saturated carbocycles. The first-order valence-electron chi connectivity index (χ1n) is 6.70. The number of para-hydroxylation sites is 1. The summed E-state index contributed by atoms with van der Waals surface area (Å²) >= 11 is 0. The van der Waals surface area contributed by atoms with Crippen LogP contribution in [0.3, 0.4) is 0 Å². The third-order valence-corrected chi connectivity index (χ3v) is 3.51. The largest absolute Gasteiger partial charge is 0.508 e. The lowest BCUT2D eigenvalue weighted by molar-refractivity contribution is -0.385. The Morgan fingerprint density at radius 3 is 2.48 bits per heavy atom. The molecule has 0 aliphatic rings. The third-order valence-electron chi connectivity index (χ3n) is 3.51. The van der Waals surface area contributed by atoms with Crippen LogP contribution in [-0.2, 0) is 0 Å². The fourth-order valence-electron chi connectivity index (χ4n) is 2.32. The molecule has 0 spiro atoms. The highest BCUT2D eigenvalue weighted by Gasteiger charge is 2.15. The first-order valence-corrected chi connectivity index (χ1v) is 6.70. The normalized spacial score (nSPS) is 12.0. The summed E-state index contributed by atoms with van der Waals surface area (Å²) in [4.78, 5) is 10.5. The molecular weight excluding hydrogens is 268 g/mol. The van der Waals surface area contributed by atoms with E-state index in [0.29, 0.717) is 5.56 Å². The van der Waals surface area contributed by atoms with Crippen molar-refractivity contribution in [2.24, 2.45) is 0 Å². The van der Waals surface area contributed by atoms with Gasteiger partial charge in [-0.15, -0.1) is 0 Å². The van der Waals surface area contributed by atoms with Crippen LogP contribution >= 0.6 is 0 Å². The number of nitro benzene ring substituents is 1. The molecule has 1 unspecified atom stereocenters. The van der Waals surface area contributed by atoms with E-state index in [1.807, 2.05) is 26.0 Å². The molecule has 2 aromatic carbocycles. The number of nitrogens with zero attached hydrogens (tertiary/aromatic N) is 1. The molecule has 0 bridgehead atoms. The van der Waals surface area contributed by atoms with Crippen LogP contribution < -0.4 is 5.32 Å². The molecule has 0 fully saturated rings. The monoisotopic (exact) mass is 286 g/mol. The number of hydrogen-bond acceptors (Lipinski definition) is 4. The molecule has 2 N–H and O–H groups in total. The van der Waals surface area contributed by atoms with Crippen molar-refractivity contribution in [2.75, 3.05) is 5.32 Å². The highest BCUT2D eigenvalue weighted by Crippen LogP contribution is 2.31. The van der Waals surface area contributed by atoms with Gasteiger partial charge in [0, 0.05) is 22.9 Å². The molecule has 0 amide bonds. The highest BCUT2D eigenvalue weighted by molar-refractivity contribution is 5.60. The van der Waals surface area contributed by atoms with Crippen LogP contribution in [-0.4, -0.2) is 10.0 Å². The van der Waals surface area contributed by atoms with Gasteiger partial charge in [0.2, 0.25) is 0 Å². The van der Waals surface area contributed by atoms with Crippen LogP contribution in [0, 0.1) is 24.0 Å². The SMILES string of the molecule is Cc1cc([N+](=O)[O-])c(C)cc1NC(C)c1ccccc1O. The summed E-state index contributed by atoms with van der Waals surface area (Å²) in [7, 11) is 0.